The molecule has 2 N–H and O–H groups in total. The van der Waals surface area contributed by atoms with Crippen LogP contribution < -0.4 is 4.90 Å². The molecule has 0 aromatic carbocycles. The Balaban J connectivity index is 1.74. The summed E-state index contributed by atoms with van der Waals surface area (Å²) in [6, 6.07) is 2.76. The number of rotatable bonds is 3. The Morgan fingerprint density at radius 2 is 2.12 bits per heavy atom. The van der Waals surface area contributed by atoms with E-state index in [9.17, 15) is 18.3 Å². The molecule has 3 heterocycles. The number of nitrogens with zero attached hydrogens (tertiary/aromatic N) is 3. The minimum absolute atomic E-state index is 0.0757. The predicted octanol–water partition coefficient (Wildman–Crippen LogP) is 2.83. The number of aromatic amines is 1. The van der Waals surface area contributed by atoms with Gasteiger partial charge in [-0.2, -0.15) is 18.3 Å². The first-order valence-electron chi connectivity index (χ1n) is 7.40. The number of pyridine rings is 1. The van der Waals surface area contributed by atoms with E-state index in [2.05, 4.69) is 15.2 Å². The fourth-order valence-corrected chi connectivity index (χ4v) is 3.18. The molecular weight excluding hydrogens is 345 g/mol. The Labute approximate surface area is 141 Å². The molecule has 9 heteroatoms. The minimum atomic E-state index is -4.49. The van der Waals surface area contributed by atoms with Gasteiger partial charge in [0.1, 0.15) is 5.82 Å². The van der Waals surface area contributed by atoms with Gasteiger partial charge in [-0.3, -0.25) is 5.10 Å². The van der Waals surface area contributed by atoms with Gasteiger partial charge in [-0.1, -0.05) is 11.6 Å². The van der Waals surface area contributed by atoms with Gasteiger partial charge < -0.3 is 10.0 Å². The smallest absolute Gasteiger partial charge is 0.391 e. The molecule has 24 heavy (non-hydrogen) atoms. The fourth-order valence-electron chi connectivity index (χ4n) is 2.89. The summed E-state index contributed by atoms with van der Waals surface area (Å²) in [6.45, 7) is 2.61. The largest absolute Gasteiger partial charge is 0.417 e. The first-order valence-corrected chi connectivity index (χ1v) is 7.78. The van der Waals surface area contributed by atoms with E-state index in [0.717, 1.165) is 23.7 Å². The van der Waals surface area contributed by atoms with Gasteiger partial charge in [0.25, 0.3) is 0 Å². The highest BCUT2D eigenvalue weighted by Crippen LogP contribution is 2.35. The maximum absolute atomic E-state index is 12.7. The Kier molecular flexibility index (Phi) is 4.44. The molecule has 0 saturated carbocycles. The molecule has 3 rings (SSSR count). The SMILES string of the molecule is Cc1cc(C[C@@H]2CN(c3ncc(C(F)(F)F)cc3Cl)C[C@@H]2O)n[nH]1. The summed E-state index contributed by atoms with van der Waals surface area (Å²) in [7, 11) is 0. The van der Waals surface area contributed by atoms with Crippen molar-refractivity contribution in [2.45, 2.75) is 25.6 Å². The summed E-state index contributed by atoms with van der Waals surface area (Å²) < 4.78 is 38.0. The summed E-state index contributed by atoms with van der Waals surface area (Å²) in [5.41, 5.74) is 0.881. The molecule has 130 valence electrons. The highest BCUT2D eigenvalue weighted by Gasteiger charge is 2.35. The normalized spacial score (nSPS) is 21.5. The first kappa shape index (κ1) is 17.0. The number of aliphatic hydroxyl groups excluding tert-OH is 1. The zero-order valence-corrected chi connectivity index (χ0v) is 13.6. The lowest BCUT2D eigenvalue weighted by Gasteiger charge is -2.19. The lowest BCUT2D eigenvalue weighted by Crippen LogP contribution is -2.23. The highest BCUT2D eigenvalue weighted by molar-refractivity contribution is 6.33. The van der Waals surface area contributed by atoms with Gasteiger partial charge >= 0.3 is 6.18 Å². The lowest BCUT2D eigenvalue weighted by atomic mass is 10.0. The third kappa shape index (κ3) is 3.49. The molecule has 0 unspecified atom stereocenters. The molecule has 2 atom stereocenters. The standard InChI is InChI=1S/C15H16ClF3N4O/c1-8-2-11(22-21-8)3-9-6-23(7-13(9)24)14-12(16)4-10(5-20-14)15(17,18)19/h2,4-5,9,13,24H,3,6-7H2,1H3,(H,21,22)/t9-,13+/m1/s1. The molecule has 1 saturated heterocycles. The van der Waals surface area contributed by atoms with Crippen LogP contribution in [0, 0.1) is 12.8 Å². The number of alkyl halides is 3. The van der Waals surface area contributed by atoms with Gasteiger partial charge in [-0.15, -0.1) is 0 Å². The van der Waals surface area contributed by atoms with E-state index >= 15 is 0 Å². The van der Waals surface area contributed by atoms with Crippen molar-refractivity contribution in [3.05, 3.63) is 40.3 Å². The Morgan fingerprint density at radius 1 is 1.38 bits per heavy atom. The van der Waals surface area contributed by atoms with Crippen molar-refractivity contribution in [3.63, 3.8) is 0 Å². The average molecular weight is 361 g/mol. The molecule has 2 aromatic heterocycles. The van der Waals surface area contributed by atoms with Crippen LogP contribution in [0.5, 0.6) is 0 Å². The van der Waals surface area contributed by atoms with Crippen LogP contribution in [0.3, 0.4) is 0 Å². The number of aryl methyl sites for hydroxylation is 1. The van der Waals surface area contributed by atoms with E-state index in [0.29, 0.717) is 13.0 Å². The van der Waals surface area contributed by atoms with Crippen molar-refractivity contribution < 1.29 is 18.3 Å². The average Bonchev–Trinajstić information content (AvgIpc) is 3.05. The van der Waals surface area contributed by atoms with Crippen LogP contribution in [0.15, 0.2) is 18.3 Å². The topological polar surface area (TPSA) is 65.0 Å². The second kappa shape index (κ2) is 6.25. The third-order valence-electron chi connectivity index (χ3n) is 4.09. The van der Waals surface area contributed by atoms with Gasteiger partial charge in [0.05, 0.1) is 22.4 Å². The van der Waals surface area contributed by atoms with E-state index in [1.165, 1.54) is 0 Å². The molecule has 1 fully saturated rings. The summed E-state index contributed by atoms with van der Waals surface area (Å²) in [4.78, 5) is 5.55. The van der Waals surface area contributed by atoms with Crippen LogP contribution in [-0.2, 0) is 12.6 Å². The zero-order valence-electron chi connectivity index (χ0n) is 12.8. The summed E-state index contributed by atoms with van der Waals surface area (Å²) >= 11 is 5.97. The molecule has 1 aliphatic heterocycles. The Hall–Kier alpha value is -1.80. The number of halogens is 4. The number of nitrogens with one attached hydrogen (secondary N) is 1. The number of aliphatic hydroxyl groups is 1. The van der Waals surface area contributed by atoms with E-state index in [1.54, 1.807) is 4.90 Å². The van der Waals surface area contributed by atoms with Gasteiger partial charge in [-0.25, -0.2) is 4.98 Å². The molecule has 0 spiro atoms. The molecule has 5 nitrogen and oxygen atoms in total. The molecule has 0 bridgehead atoms. The Bertz CT molecular complexity index is 734. The molecule has 2 aromatic rings. The van der Waals surface area contributed by atoms with Crippen LogP contribution in [0.2, 0.25) is 5.02 Å². The van der Waals surface area contributed by atoms with Crippen molar-refractivity contribution in [2.24, 2.45) is 5.92 Å². The van der Waals surface area contributed by atoms with Gasteiger partial charge in [-0.05, 0) is 25.5 Å². The number of H-pyrrole nitrogens is 1. The van der Waals surface area contributed by atoms with Crippen LogP contribution in [0.4, 0.5) is 19.0 Å². The molecule has 0 radical (unpaired) electrons. The number of anilines is 1. The second-order valence-corrected chi connectivity index (χ2v) is 6.41. The van der Waals surface area contributed by atoms with Gasteiger partial charge in [0.2, 0.25) is 0 Å². The van der Waals surface area contributed by atoms with E-state index in [1.807, 2.05) is 13.0 Å². The maximum Gasteiger partial charge on any atom is 0.417 e. The van der Waals surface area contributed by atoms with E-state index < -0.39 is 17.8 Å². The van der Waals surface area contributed by atoms with Gasteiger partial charge in [0.15, 0.2) is 0 Å². The molecule has 1 aliphatic rings. The third-order valence-corrected chi connectivity index (χ3v) is 4.36. The van der Waals surface area contributed by atoms with Crippen molar-refractivity contribution in [1.82, 2.24) is 15.2 Å². The van der Waals surface area contributed by atoms with Crippen LogP contribution in [-0.4, -0.2) is 39.5 Å². The van der Waals surface area contributed by atoms with Crippen LogP contribution in [0.1, 0.15) is 17.0 Å². The quantitative estimate of drug-likeness (QED) is 0.883. The predicted molar refractivity (Wildman–Crippen MR) is 83.0 cm³/mol. The molecular formula is C15H16ClF3N4O. The fraction of sp³-hybridized carbons (Fsp3) is 0.467. The van der Waals surface area contributed by atoms with E-state index in [-0.39, 0.29) is 23.3 Å². The lowest BCUT2D eigenvalue weighted by molar-refractivity contribution is -0.137. The van der Waals surface area contributed by atoms with Crippen molar-refractivity contribution in [2.75, 3.05) is 18.0 Å². The number of aromatic nitrogens is 3. The van der Waals surface area contributed by atoms with Crippen molar-refractivity contribution in [1.29, 1.82) is 0 Å². The highest BCUT2D eigenvalue weighted by atomic mass is 35.5. The summed E-state index contributed by atoms with van der Waals surface area (Å²) in [6.07, 6.45) is -3.78. The Morgan fingerprint density at radius 3 is 2.71 bits per heavy atom. The maximum atomic E-state index is 12.7. The first-order chi connectivity index (χ1) is 11.2. The molecule has 0 aliphatic carbocycles. The summed E-state index contributed by atoms with van der Waals surface area (Å²) in [5.74, 6) is 0.164. The second-order valence-electron chi connectivity index (χ2n) is 6.01. The van der Waals surface area contributed by atoms with Crippen LogP contribution >= 0.6 is 11.6 Å². The van der Waals surface area contributed by atoms with Crippen LogP contribution in [0.25, 0.3) is 0 Å². The number of hydrogen-bond donors (Lipinski definition) is 2. The van der Waals surface area contributed by atoms with Gasteiger partial charge in [0, 0.05) is 30.9 Å². The van der Waals surface area contributed by atoms with E-state index in [4.69, 9.17) is 11.6 Å². The monoisotopic (exact) mass is 360 g/mol. The summed E-state index contributed by atoms with van der Waals surface area (Å²) in [5, 5.41) is 17.1. The molecule has 0 amide bonds. The van der Waals surface area contributed by atoms with Crippen molar-refractivity contribution >= 4 is 17.4 Å². The minimum Gasteiger partial charge on any atom is -0.391 e. The zero-order chi connectivity index (χ0) is 17.5. The number of β-amino-alcohol motifs (C(OH)–C–C–N with tert-alkyl or cyclic N) is 1. The van der Waals surface area contributed by atoms with Crippen molar-refractivity contribution in [3.8, 4) is 0 Å². The number of hydrogen-bond acceptors (Lipinski definition) is 4.